The van der Waals surface area contributed by atoms with Gasteiger partial charge >= 0.3 is 0 Å². The van der Waals surface area contributed by atoms with Gasteiger partial charge in [-0.1, -0.05) is 26.3 Å². The summed E-state index contributed by atoms with van der Waals surface area (Å²) in [5.74, 6) is -0.111. The third-order valence-electron chi connectivity index (χ3n) is 3.23. The summed E-state index contributed by atoms with van der Waals surface area (Å²) in [6, 6.07) is 5.01. The first-order valence-electron chi connectivity index (χ1n) is 7.13. The molecule has 1 amide bonds. The molecular weight excluding hydrogens is 255 g/mol. The van der Waals surface area contributed by atoms with Gasteiger partial charge in [0.15, 0.2) is 0 Å². The van der Waals surface area contributed by atoms with Crippen LogP contribution in [0, 0.1) is 11.7 Å². The topological polar surface area (TPSA) is 32.3 Å². The molecule has 0 aliphatic heterocycles. The quantitative estimate of drug-likeness (QED) is 0.833. The molecule has 0 bridgehead atoms. The van der Waals surface area contributed by atoms with E-state index in [1.807, 2.05) is 32.0 Å². The molecule has 1 N–H and O–H groups in total. The lowest BCUT2D eigenvalue weighted by Gasteiger charge is -2.14. The van der Waals surface area contributed by atoms with E-state index in [9.17, 15) is 9.18 Å². The summed E-state index contributed by atoms with van der Waals surface area (Å²) in [5.41, 5.74) is 1.59. The Morgan fingerprint density at radius 3 is 2.70 bits per heavy atom. The van der Waals surface area contributed by atoms with Gasteiger partial charge in [-0.3, -0.25) is 4.79 Å². The molecule has 20 heavy (non-hydrogen) atoms. The van der Waals surface area contributed by atoms with Crippen LogP contribution in [0.15, 0.2) is 18.2 Å². The molecule has 1 unspecified atom stereocenters. The minimum Gasteiger partial charge on any atom is -0.352 e. The SMILES string of the molecule is CCCC(C)C(=O)NCc1ccc(F)c(CN(C)C)c1. The minimum absolute atomic E-state index is 0.0293. The van der Waals surface area contributed by atoms with Crippen molar-refractivity contribution in [3.8, 4) is 0 Å². The van der Waals surface area contributed by atoms with Crippen LogP contribution in [0.4, 0.5) is 4.39 Å². The highest BCUT2D eigenvalue weighted by molar-refractivity contribution is 5.78. The second kappa shape index (κ2) is 8.00. The Kier molecular flexibility index (Phi) is 6.65. The third-order valence-corrected chi connectivity index (χ3v) is 3.23. The number of nitrogens with one attached hydrogen (secondary N) is 1. The number of hydrogen-bond acceptors (Lipinski definition) is 2. The molecule has 1 atom stereocenters. The van der Waals surface area contributed by atoms with E-state index >= 15 is 0 Å². The molecule has 0 saturated carbocycles. The van der Waals surface area contributed by atoms with Gasteiger partial charge in [0.2, 0.25) is 5.91 Å². The minimum atomic E-state index is -0.201. The summed E-state index contributed by atoms with van der Waals surface area (Å²) in [7, 11) is 3.81. The first-order valence-corrected chi connectivity index (χ1v) is 7.13. The predicted octanol–water partition coefficient (Wildman–Crippen LogP) is 2.94. The number of amides is 1. The molecule has 1 aromatic rings. The van der Waals surface area contributed by atoms with Gasteiger partial charge in [-0.05, 0) is 38.2 Å². The molecule has 0 aliphatic carbocycles. The van der Waals surface area contributed by atoms with Gasteiger partial charge in [-0.15, -0.1) is 0 Å². The standard InChI is InChI=1S/C16H25FN2O/c1-5-6-12(2)16(20)18-10-13-7-8-15(17)14(9-13)11-19(3)4/h7-9,12H,5-6,10-11H2,1-4H3,(H,18,20). The molecule has 3 nitrogen and oxygen atoms in total. The molecule has 1 rings (SSSR count). The zero-order valence-electron chi connectivity index (χ0n) is 12.9. The van der Waals surface area contributed by atoms with Crippen LogP contribution in [0.3, 0.4) is 0 Å². The van der Waals surface area contributed by atoms with Gasteiger partial charge in [0.1, 0.15) is 5.82 Å². The number of halogens is 1. The maximum absolute atomic E-state index is 13.6. The van der Waals surface area contributed by atoms with Gasteiger partial charge in [0, 0.05) is 24.6 Å². The zero-order chi connectivity index (χ0) is 15.1. The molecule has 0 fully saturated rings. The summed E-state index contributed by atoms with van der Waals surface area (Å²) >= 11 is 0. The largest absolute Gasteiger partial charge is 0.352 e. The van der Waals surface area contributed by atoms with Crippen molar-refractivity contribution in [2.24, 2.45) is 5.92 Å². The van der Waals surface area contributed by atoms with Gasteiger partial charge in [0.05, 0.1) is 0 Å². The van der Waals surface area contributed by atoms with E-state index in [1.165, 1.54) is 6.07 Å². The maximum atomic E-state index is 13.6. The van der Waals surface area contributed by atoms with Crippen LogP contribution in [0.2, 0.25) is 0 Å². The molecule has 1 aromatic carbocycles. The van der Waals surface area contributed by atoms with E-state index in [4.69, 9.17) is 0 Å². The first kappa shape index (κ1) is 16.6. The van der Waals surface area contributed by atoms with Crippen molar-refractivity contribution >= 4 is 5.91 Å². The summed E-state index contributed by atoms with van der Waals surface area (Å²) in [6.07, 6.45) is 1.89. The number of hydrogen-bond donors (Lipinski definition) is 1. The fourth-order valence-corrected chi connectivity index (χ4v) is 2.13. The van der Waals surface area contributed by atoms with Crippen LogP contribution >= 0.6 is 0 Å². The van der Waals surface area contributed by atoms with E-state index in [1.54, 1.807) is 6.07 Å². The van der Waals surface area contributed by atoms with Crippen molar-refractivity contribution in [3.63, 3.8) is 0 Å². The van der Waals surface area contributed by atoms with Crippen molar-refractivity contribution in [1.29, 1.82) is 0 Å². The fourth-order valence-electron chi connectivity index (χ4n) is 2.13. The second-order valence-corrected chi connectivity index (χ2v) is 5.57. The third kappa shape index (κ3) is 5.29. The average Bonchev–Trinajstić information content (AvgIpc) is 2.39. The van der Waals surface area contributed by atoms with Gasteiger partial charge < -0.3 is 10.2 Å². The van der Waals surface area contributed by atoms with Gasteiger partial charge in [-0.25, -0.2) is 4.39 Å². The Morgan fingerprint density at radius 1 is 1.40 bits per heavy atom. The second-order valence-electron chi connectivity index (χ2n) is 5.57. The highest BCUT2D eigenvalue weighted by atomic mass is 19.1. The predicted molar refractivity (Wildman–Crippen MR) is 79.7 cm³/mol. The molecule has 0 heterocycles. The summed E-state index contributed by atoms with van der Waals surface area (Å²) in [4.78, 5) is 13.8. The van der Waals surface area contributed by atoms with Crippen LogP contribution in [0.25, 0.3) is 0 Å². The van der Waals surface area contributed by atoms with E-state index in [0.29, 0.717) is 18.7 Å². The number of benzene rings is 1. The van der Waals surface area contributed by atoms with Crippen LogP contribution < -0.4 is 5.32 Å². The average molecular weight is 280 g/mol. The molecule has 0 saturated heterocycles. The molecule has 0 spiro atoms. The summed E-state index contributed by atoms with van der Waals surface area (Å²) in [6.45, 7) is 5.01. The monoisotopic (exact) mass is 280 g/mol. The Hall–Kier alpha value is -1.42. The molecule has 4 heteroatoms. The Morgan fingerprint density at radius 2 is 2.10 bits per heavy atom. The Bertz CT molecular complexity index is 446. The lowest BCUT2D eigenvalue weighted by molar-refractivity contribution is -0.124. The molecule has 0 radical (unpaired) electrons. The lowest BCUT2D eigenvalue weighted by Crippen LogP contribution is -2.28. The van der Waals surface area contributed by atoms with Crippen LogP contribution in [-0.2, 0) is 17.9 Å². The number of rotatable bonds is 7. The van der Waals surface area contributed by atoms with Gasteiger partial charge in [0.25, 0.3) is 0 Å². The fraction of sp³-hybridized carbons (Fsp3) is 0.562. The Labute approximate surface area is 121 Å². The maximum Gasteiger partial charge on any atom is 0.223 e. The first-order chi connectivity index (χ1) is 9.43. The highest BCUT2D eigenvalue weighted by Gasteiger charge is 2.11. The lowest BCUT2D eigenvalue weighted by atomic mass is 10.1. The van der Waals surface area contributed by atoms with Crippen molar-refractivity contribution in [1.82, 2.24) is 10.2 Å². The van der Waals surface area contributed by atoms with Crippen LogP contribution in [0.1, 0.15) is 37.8 Å². The molecule has 0 aromatic heterocycles. The molecular formula is C16H25FN2O. The molecule has 0 aliphatic rings. The van der Waals surface area contributed by atoms with E-state index in [2.05, 4.69) is 12.2 Å². The smallest absolute Gasteiger partial charge is 0.223 e. The number of carbonyl (C=O) groups excluding carboxylic acids is 1. The van der Waals surface area contributed by atoms with Crippen molar-refractivity contribution < 1.29 is 9.18 Å². The van der Waals surface area contributed by atoms with Crippen molar-refractivity contribution in [2.45, 2.75) is 39.8 Å². The van der Waals surface area contributed by atoms with E-state index in [0.717, 1.165) is 18.4 Å². The normalized spacial score (nSPS) is 12.5. The van der Waals surface area contributed by atoms with Crippen LogP contribution in [0.5, 0.6) is 0 Å². The highest BCUT2D eigenvalue weighted by Crippen LogP contribution is 2.13. The number of nitrogens with zero attached hydrogens (tertiary/aromatic N) is 1. The molecule has 112 valence electrons. The summed E-state index contributed by atoms with van der Waals surface area (Å²) in [5, 5.41) is 2.91. The van der Waals surface area contributed by atoms with E-state index < -0.39 is 0 Å². The number of carbonyl (C=O) groups is 1. The zero-order valence-corrected chi connectivity index (χ0v) is 12.9. The summed E-state index contributed by atoms with van der Waals surface area (Å²) < 4.78 is 13.6. The Balaban J connectivity index is 2.62. The van der Waals surface area contributed by atoms with Gasteiger partial charge in [-0.2, -0.15) is 0 Å². The van der Waals surface area contributed by atoms with E-state index in [-0.39, 0.29) is 17.6 Å². The van der Waals surface area contributed by atoms with Crippen molar-refractivity contribution in [2.75, 3.05) is 14.1 Å². The van der Waals surface area contributed by atoms with Crippen LogP contribution in [-0.4, -0.2) is 24.9 Å². The van der Waals surface area contributed by atoms with Crippen molar-refractivity contribution in [3.05, 3.63) is 35.1 Å².